The molecular weight excluding hydrogens is 451 g/mol. The fourth-order valence-corrected chi connectivity index (χ4v) is 2.89. The molecule has 2 rings (SSSR count). The van der Waals surface area contributed by atoms with Gasteiger partial charge in [0.2, 0.25) is 0 Å². The van der Waals surface area contributed by atoms with Gasteiger partial charge in [-0.1, -0.05) is 0 Å². The number of nitrogens with zero attached hydrogens (tertiary/aromatic N) is 2. The number of thiazole rings is 1. The zero-order chi connectivity index (χ0) is 17.4. The second kappa shape index (κ2) is 11.1. The van der Waals surface area contributed by atoms with Crippen molar-refractivity contribution in [2.45, 2.75) is 27.2 Å². The maximum atomic E-state index is 5.99. The minimum atomic E-state index is 0. The van der Waals surface area contributed by atoms with Gasteiger partial charge >= 0.3 is 0 Å². The first-order valence-electron chi connectivity index (χ1n) is 8.00. The molecule has 2 aromatic rings. The Kier molecular flexibility index (Phi) is 9.58. The highest BCUT2D eigenvalue weighted by molar-refractivity contribution is 14.0. The Morgan fingerprint density at radius 2 is 2.04 bits per heavy atom. The van der Waals surface area contributed by atoms with Gasteiger partial charge in [0.05, 0.1) is 23.9 Å². The number of aliphatic imine (C=N–C) groups is 1. The molecule has 1 aromatic carbocycles. The first-order valence-corrected chi connectivity index (χ1v) is 8.82. The van der Waals surface area contributed by atoms with Crippen LogP contribution >= 0.6 is 35.3 Å². The van der Waals surface area contributed by atoms with E-state index in [4.69, 9.17) is 15.2 Å². The summed E-state index contributed by atoms with van der Waals surface area (Å²) >= 11 is 1.68. The lowest BCUT2D eigenvalue weighted by atomic mass is 10.2. The van der Waals surface area contributed by atoms with Crippen molar-refractivity contribution in [1.82, 2.24) is 4.98 Å². The van der Waals surface area contributed by atoms with Gasteiger partial charge in [0.25, 0.3) is 0 Å². The first-order chi connectivity index (χ1) is 11.6. The van der Waals surface area contributed by atoms with Crippen LogP contribution in [0.4, 0.5) is 5.69 Å². The zero-order valence-corrected chi connectivity index (χ0v) is 17.9. The van der Waals surface area contributed by atoms with Crippen molar-refractivity contribution in [3.05, 3.63) is 34.3 Å². The van der Waals surface area contributed by atoms with E-state index >= 15 is 0 Å². The largest absolute Gasteiger partial charge is 0.494 e. The number of guanidine groups is 1. The predicted octanol–water partition coefficient (Wildman–Crippen LogP) is 3.84. The molecule has 1 aromatic heterocycles. The molecule has 0 unspecified atom stereocenters. The molecule has 0 fully saturated rings. The lowest BCUT2D eigenvalue weighted by Crippen LogP contribution is -2.23. The van der Waals surface area contributed by atoms with Crippen LogP contribution in [0, 0.1) is 6.92 Å². The van der Waals surface area contributed by atoms with E-state index in [9.17, 15) is 0 Å². The minimum absolute atomic E-state index is 0. The maximum Gasteiger partial charge on any atom is 0.193 e. The molecule has 1 heterocycles. The Morgan fingerprint density at radius 3 is 2.68 bits per heavy atom. The van der Waals surface area contributed by atoms with Crippen LogP contribution in [0.25, 0.3) is 0 Å². The number of aromatic nitrogens is 1. The quantitative estimate of drug-likeness (QED) is 0.344. The zero-order valence-electron chi connectivity index (χ0n) is 14.7. The van der Waals surface area contributed by atoms with Crippen LogP contribution in [0.1, 0.15) is 23.7 Å². The van der Waals surface area contributed by atoms with Gasteiger partial charge in [-0.15, -0.1) is 35.3 Å². The molecule has 0 saturated carbocycles. The van der Waals surface area contributed by atoms with E-state index in [2.05, 4.69) is 15.3 Å². The second-order valence-corrected chi connectivity index (χ2v) is 6.35. The van der Waals surface area contributed by atoms with Gasteiger partial charge in [-0.2, -0.15) is 0 Å². The van der Waals surface area contributed by atoms with E-state index in [1.54, 1.807) is 11.3 Å². The van der Waals surface area contributed by atoms with Crippen molar-refractivity contribution >= 4 is 47.0 Å². The normalized spacial score (nSPS) is 10.9. The lowest BCUT2D eigenvalue weighted by molar-refractivity contribution is 0.332. The van der Waals surface area contributed by atoms with Gasteiger partial charge in [-0.3, -0.25) is 4.99 Å². The predicted molar refractivity (Wildman–Crippen MR) is 115 cm³/mol. The molecule has 0 aliphatic heterocycles. The summed E-state index contributed by atoms with van der Waals surface area (Å²) in [7, 11) is 0. The number of hydrogen-bond donors (Lipinski definition) is 2. The number of aryl methyl sites for hydroxylation is 1. The number of benzene rings is 1. The van der Waals surface area contributed by atoms with Gasteiger partial charge in [0.1, 0.15) is 11.5 Å². The fourth-order valence-electron chi connectivity index (χ4n) is 2.11. The molecule has 3 N–H and O–H groups in total. The summed E-state index contributed by atoms with van der Waals surface area (Å²) in [6.45, 7) is 7.68. The Balaban J connectivity index is 0.00000312. The van der Waals surface area contributed by atoms with E-state index in [1.807, 2.05) is 45.2 Å². The van der Waals surface area contributed by atoms with Crippen molar-refractivity contribution < 1.29 is 9.47 Å². The van der Waals surface area contributed by atoms with Gasteiger partial charge in [0.15, 0.2) is 5.96 Å². The minimum Gasteiger partial charge on any atom is -0.494 e. The Bertz CT molecular complexity index is 691. The first kappa shape index (κ1) is 21.5. The highest BCUT2D eigenvalue weighted by Crippen LogP contribution is 2.29. The molecule has 0 atom stereocenters. The number of nitrogens with two attached hydrogens (primary N) is 1. The van der Waals surface area contributed by atoms with E-state index in [-0.39, 0.29) is 24.0 Å². The summed E-state index contributed by atoms with van der Waals surface area (Å²) in [5.74, 6) is 1.82. The lowest BCUT2D eigenvalue weighted by Gasteiger charge is -2.13. The van der Waals surface area contributed by atoms with Crippen LogP contribution in [-0.2, 0) is 6.42 Å². The molecule has 0 aliphatic carbocycles. The number of anilines is 1. The highest BCUT2D eigenvalue weighted by atomic mass is 127. The van der Waals surface area contributed by atoms with E-state index in [0.717, 1.165) is 28.6 Å². The third-order valence-electron chi connectivity index (χ3n) is 3.10. The standard InChI is InChI=1S/C17H24N4O2S.HI/c1-4-22-13-6-7-15(23-5-2)14(10-13)21-17(18)19-9-8-16-20-11-12(3)24-16;/h6-7,10-11H,4-5,8-9H2,1-3H3,(H3,18,19,21);1H. The van der Waals surface area contributed by atoms with Crippen molar-refractivity contribution in [1.29, 1.82) is 0 Å². The van der Waals surface area contributed by atoms with Crippen LogP contribution in [0.5, 0.6) is 11.5 Å². The summed E-state index contributed by atoms with van der Waals surface area (Å²) in [5.41, 5.74) is 6.73. The summed E-state index contributed by atoms with van der Waals surface area (Å²) in [4.78, 5) is 9.88. The van der Waals surface area contributed by atoms with Gasteiger partial charge < -0.3 is 20.5 Å². The average Bonchev–Trinajstić information content (AvgIpc) is 2.96. The van der Waals surface area contributed by atoms with E-state index in [0.29, 0.717) is 25.7 Å². The van der Waals surface area contributed by atoms with Crippen LogP contribution in [0.15, 0.2) is 29.4 Å². The maximum absolute atomic E-state index is 5.99. The molecule has 0 spiro atoms. The summed E-state index contributed by atoms with van der Waals surface area (Å²) in [6, 6.07) is 5.60. The second-order valence-electron chi connectivity index (χ2n) is 5.03. The number of rotatable bonds is 8. The highest BCUT2D eigenvalue weighted by Gasteiger charge is 2.07. The fraction of sp³-hybridized carbons (Fsp3) is 0.412. The summed E-state index contributed by atoms with van der Waals surface area (Å²) in [6.07, 6.45) is 2.65. The smallest absolute Gasteiger partial charge is 0.193 e. The number of halogens is 1. The summed E-state index contributed by atoms with van der Waals surface area (Å²) < 4.78 is 11.1. The number of nitrogens with one attached hydrogen (secondary N) is 1. The monoisotopic (exact) mass is 476 g/mol. The van der Waals surface area contributed by atoms with Gasteiger partial charge in [-0.25, -0.2) is 4.98 Å². The number of hydrogen-bond acceptors (Lipinski definition) is 5. The molecule has 0 saturated heterocycles. The third kappa shape index (κ3) is 7.07. The summed E-state index contributed by atoms with van der Waals surface area (Å²) in [5, 5.41) is 4.16. The Labute approximate surface area is 169 Å². The molecule has 0 amide bonds. The number of ether oxygens (including phenoxy) is 2. The van der Waals surface area contributed by atoms with Crippen molar-refractivity contribution in [3.8, 4) is 11.5 Å². The van der Waals surface area contributed by atoms with Crippen molar-refractivity contribution in [2.75, 3.05) is 25.1 Å². The van der Waals surface area contributed by atoms with Crippen molar-refractivity contribution in [3.63, 3.8) is 0 Å². The van der Waals surface area contributed by atoms with Gasteiger partial charge in [-0.05, 0) is 32.9 Å². The van der Waals surface area contributed by atoms with E-state index in [1.165, 1.54) is 4.88 Å². The molecule has 0 bridgehead atoms. The Morgan fingerprint density at radius 1 is 1.28 bits per heavy atom. The van der Waals surface area contributed by atoms with Gasteiger partial charge in [0, 0.05) is 30.1 Å². The molecule has 0 radical (unpaired) electrons. The SMILES string of the molecule is CCOc1ccc(OCC)c(NC(N)=NCCc2ncc(C)s2)c1.I. The average molecular weight is 476 g/mol. The van der Waals surface area contributed by atoms with Crippen LogP contribution in [0.2, 0.25) is 0 Å². The molecule has 25 heavy (non-hydrogen) atoms. The molecule has 138 valence electrons. The third-order valence-corrected chi connectivity index (χ3v) is 4.07. The van der Waals surface area contributed by atoms with Crippen LogP contribution < -0.4 is 20.5 Å². The van der Waals surface area contributed by atoms with Crippen molar-refractivity contribution in [2.24, 2.45) is 10.7 Å². The van der Waals surface area contributed by atoms with Crippen LogP contribution in [0.3, 0.4) is 0 Å². The molecule has 8 heteroatoms. The molecule has 6 nitrogen and oxygen atoms in total. The topological polar surface area (TPSA) is 81.8 Å². The van der Waals surface area contributed by atoms with E-state index < -0.39 is 0 Å². The molecule has 0 aliphatic rings. The van der Waals surface area contributed by atoms with Crippen LogP contribution in [-0.4, -0.2) is 30.7 Å². The molecular formula is C17H25IN4O2S. The Hall–Kier alpha value is -1.55.